The molecule has 0 radical (unpaired) electrons. The molecule has 18 heavy (non-hydrogen) atoms. The summed E-state index contributed by atoms with van der Waals surface area (Å²) in [5.41, 5.74) is 3.67. The number of hydrogen-bond acceptors (Lipinski definition) is 2. The molecule has 86 valence electrons. The molecule has 0 fully saturated rings. The van der Waals surface area contributed by atoms with Crippen molar-refractivity contribution in [3.8, 4) is 11.1 Å². The van der Waals surface area contributed by atoms with Gasteiger partial charge < -0.3 is 0 Å². The van der Waals surface area contributed by atoms with Crippen LogP contribution in [0.5, 0.6) is 0 Å². The van der Waals surface area contributed by atoms with Crippen LogP contribution in [0.1, 0.15) is 10.4 Å². The normalized spacial score (nSPS) is 10.4. The highest BCUT2D eigenvalue weighted by molar-refractivity contribution is 5.91. The first-order valence-electron chi connectivity index (χ1n) is 5.78. The number of hydrogen-bond donors (Lipinski definition) is 0. The quantitative estimate of drug-likeness (QED) is 0.631. The highest BCUT2D eigenvalue weighted by Crippen LogP contribution is 2.25. The Balaban J connectivity index is 2.22. The number of pyridine rings is 1. The predicted molar refractivity (Wildman–Crippen MR) is 72.6 cm³/mol. The van der Waals surface area contributed by atoms with Crippen LogP contribution in [0.25, 0.3) is 22.0 Å². The summed E-state index contributed by atoms with van der Waals surface area (Å²) in [6.07, 6.45) is 2.67. The first-order valence-corrected chi connectivity index (χ1v) is 5.78. The molecule has 0 N–H and O–H groups in total. The van der Waals surface area contributed by atoms with E-state index < -0.39 is 0 Å². The number of carbonyl (C=O) groups excluding carboxylic acids is 1. The Morgan fingerprint density at radius 3 is 2.72 bits per heavy atom. The minimum Gasteiger partial charge on any atom is -0.298 e. The van der Waals surface area contributed by atoms with Gasteiger partial charge >= 0.3 is 0 Å². The summed E-state index contributed by atoms with van der Waals surface area (Å²) >= 11 is 0. The zero-order valence-corrected chi connectivity index (χ0v) is 9.71. The number of aromatic nitrogens is 1. The van der Waals surface area contributed by atoms with Crippen molar-refractivity contribution < 1.29 is 4.79 Å². The first kappa shape index (κ1) is 10.7. The Morgan fingerprint density at radius 1 is 0.944 bits per heavy atom. The average Bonchev–Trinajstić information content (AvgIpc) is 2.46. The fourth-order valence-corrected chi connectivity index (χ4v) is 2.11. The minimum absolute atomic E-state index is 0.709. The lowest BCUT2D eigenvalue weighted by molar-refractivity contribution is 0.112. The molecule has 0 saturated carbocycles. The van der Waals surface area contributed by atoms with Gasteiger partial charge in [-0.25, -0.2) is 0 Å². The van der Waals surface area contributed by atoms with Crippen LogP contribution in [0.4, 0.5) is 0 Å². The van der Waals surface area contributed by atoms with E-state index in [1.54, 1.807) is 6.20 Å². The van der Waals surface area contributed by atoms with Gasteiger partial charge in [-0.05, 0) is 29.3 Å². The van der Waals surface area contributed by atoms with Crippen LogP contribution in [0.2, 0.25) is 0 Å². The van der Waals surface area contributed by atoms with E-state index in [0.29, 0.717) is 5.56 Å². The molecule has 0 amide bonds. The maximum absolute atomic E-state index is 11.1. The number of rotatable bonds is 2. The lowest BCUT2D eigenvalue weighted by atomic mass is 9.99. The third-order valence-electron chi connectivity index (χ3n) is 3.00. The third kappa shape index (κ3) is 1.78. The largest absolute Gasteiger partial charge is 0.298 e. The maximum atomic E-state index is 11.1. The molecule has 3 rings (SSSR count). The molecule has 1 aromatic heterocycles. The Labute approximate surface area is 105 Å². The van der Waals surface area contributed by atoms with Gasteiger partial charge in [-0.15, -0.1) is 0 Å². The molecule has 0 spiro atoms. The fraction of sp³-hybridized carbons (Fsp3) is 0. The van der Waals surface area contributed by atoms with Crippen LogP contribution in [-0.4, -0.2) is 11.3 Å². The summed E-state index contributed by atoms with van der Waals surface area (Å²) in [5.74, 6) is 0. The van der Waals surface area contributed by atoms with Crippen LogP contribution in [-0.2, 0) is 0 Å². The number of aldehydes is 1. The maximum Gasteiger partial charge on any atom is 0.150 e. The van der Waals surface area contributed by atoms with E-state index in [4.69, 9.17) is 0 Å². The van der Waals surface area contributed by atoms with Crippen molar-refractivity contribution in [3.05, 3.63) is 66.4 Å². The lowest BCUT2D eigenvalue weighted by Crippen LogP contribution is -1.87. The van der Waals surface area contributed by atoms with Crippen molar-refractivity contribution in [2.45, 2.75) is 0 Å². The summed E-state index contributed by atoms with van der Waals surface area (Å²) in [4.78, 5) is 15.3. The third-order valence-corrected chi connectivity index (χ3v) is 3.00. The van der Waals surface area contributed by atoms with Gasteiger partial charge in [0.25, 0.3) is 0 Å². The molecule has 0 atom stereocenters. The number of carbonyl (C=O) groups is 1. The molecule has 0 unspecified atom stereocenters. The van der Waals surface area contributed by atoms with Gasteiger partial charge in [0.15, 0.2) is 6.29 Å². The Hall–Kier alpha value is -2.48. The van der Waals surface area contributed by atoms with Crippen molar-refractivity contribution in [1.29, 1.82) is 0 Å². The summed E-state index contributed by atoms with van der Waals surface area (Å²) in [7, 11) is 0. The van der Waals surface area contributed by atoms with Crippen LogP contribution >= 0.6 is 0 Å². The molecule has 2 nitrogen and oxygen atoms in total. The van der Waals surface area contributed by atoms with Crippen molar-refractivity contribution in [3.63, 3.8) is 0 Å². The fourth-order valence-electron chi connectivity index (χ4n) is 2.11. The Bertz CT molecular complexity index is 719. The van der Waals surface area contributed by atoms with Gasteiger partial charge in [0.05, 0.1) is 5.52 Å². The monoisotopic (exact) mass is 233 g/mol. The summed E-state index contributed by atoms with van der Waals surface area (Å²) < 4.78 is 0. The molecule has 3 aromatic rings. The smallest absolute Gasteiger partial charge is 0.150 e. The first-order chi connectivity index (χ1) is 8.88. The predicted octanol–water partition coefficient (Wildman–Crippen LogP) is 3.71. The number of nitrogens with zero attached hydrogens (tertiary/aromatic N) is 1. The Kier molecular flexibility index (Phi) is 2.61. The summed E-state index contributed by atoms with van der Waals surface area (Å²) in [6, 6.07) is 17.6. The minimum atomic E-state index is 0.709. The SMILES string of the molecule is O=Cc1ccccc1-c1ccc2ncccc2c1. The van der Waals surface area contributed by atoms with Gasteiger partial charge in [0.1, 0.15) is 0 Å². The van der Waals surface area contributed by atoms with E-state index in [1.807, 2.05) is 48.5 Å². The lowest BCUT2D eigenvalue weighted by Gasteiger charge is -2.06. The van der Waals surface area contributed by atoms with Crippen LogP contribution < -0.4 is 0 Å². The van der Waals surface area contributed by atoms with E-state index in [0.717, 1.165) is 28.3 Å². The van der Waals surface area contributed by atoms with Gasteiger partial charge in [0.2, 0.25) is 0 Å². The van der Waals surface area contributed by atoms with Crippen molar-refractivity contribution >= 4 is 17.2 Å². The summed E-state index contributed by atoms with van der Waals surface area (Å²) in [6.45, 7) is 0. The van der Waals surface area contributed by atoms with Gasteiger partial charge in [-0.2, -0.15) is 0 Å². The van der Waals surface area contributed by atoms with Gasteiger partial charge in [-0.1, -0.05) is 36.4 Å². The van der Waals surface area contributed by atoms with Gasteiger partial charge in [-0.3, -0.25) is 9.78 Å². The van der Waals surface area contributed by atoms with Crippen LogP contribution in [0.15, 0.2) is 60.8 Å². The molecule has 0 aliphatic rings. The standard InChI is InChI=1S/C16H11NO/c18-11-14-4-1-2-6-15(14)12-7-8-16-13(10-12)5-3-9-17-16/h1-11H. The van der Waals surface area contributed by atoms with Crippen molar-refractivity contribution in [1.82, 2.24) is 4.98 Å². The number of fused-ring (bicyclic) bond motifs is 1. The van der Waals surface area contributed by atoms with E-state index in [2.05, 4.69) is 11.1 Å². The second-order valence-corrected chi connectivity index (χ2v) is 4.12. The second kappa shape index (κ2) is 4.41. The molecular formula is C16H11NO. The molecule has 2 heteroatoms. The van der Waals surface area contributed by atoms with Crippen LogP contribution in [0, 0.1) is 0 Å². The zero-order valence-electron chi connectivity index (χ0n) is 9.71. The Morgan fingerprint density at radius 2 is 1.83 bits per heavy atom. The molecule has 0 bridgehead atoms. The molecule has 0 saturated heterocycles. The van der Waals surface area contributed by atoms with E-state index in [-0.39, 0.29) is 0 Å². The van der Waals surface area contributed by atoms with Crippen molar-refractivity contribution in [2.75, 3.05) is 0 Å². The molecule has 0 aliphatic carbocycles. The molecular weight excluding hydrogens is 222 g/mol. The summed E-state index contributed by atoms with van der Waals surface area (Å²) in [5, 5.41) is 1.08. The molecule has 1 heterocycles. The zero-order chi connectivity index (χ0) is 12.4. The van der Waals surface area contributed by atoms with E-state index in [9.17, 15) is 4.79 Å². The highest BCUT2D eigenvalue weighted by Gasteiger charge is 2.04. The second-order valence-electron chi connectivity index (χ2n) is 4.12. The van der Waals surface area contributed by atoms with E-state index in [1.165, 1.54) is 0 Å². The number of benzene rings is 2. The van der Waals surface area contributed by atoms with Crippen LogP contribution in [0.3, 0.4) is 0 Å². The van der Waals surface area contributed by atoms with E-state index >= 15 is 0 Å². The van der Waals surface area contributed by atoms with Crippen molar-refractivity contribution in [2.24, 2.45) is 0 Å². The molecule has 2 aromatic carbocycles. The topological polar surface area (TPSA) is 30.0 Å². The molecule has 0 aliphatic heterocycles. The van der Waals surface area contributed by atoms with Gasteiger partial charge in [0, 0.05) is 17.1 Å². The average molecular weight is 233 g/mol. The highest BCUT2D eigenvalue weighted by atomic mass is 16.1.